The minimum Gasteiger partial charge on any atom is -0.497 e. The van der Waals surface area contributed by atoms with Crippen LogP contribution < -0.4 is 4.74 Å². The summed E-state index contributed by atoms with van der Waals surface area (Å²) in [7, 11) is 3.32. The molecule has 0 amide bonds. The van der Waals surface area contributed by atoms with Gasteiger partial charge in [-0.15, -0.1) is 11.6 Å². The van der Waals surface area contributed by atoms with Crippen LogP contribution in [0.2, 0.25) is 0 Å². The molecule has 0 aliphatic heterocycles. The lowest BCUT2D eigenvalue weighted by Crippen LogP contribution is -2.12. The average Bonchev–Trinajstić information content (AvgIpc) is 2.84. The SMILES string of the molecule is COCCOCCn1c(CCCl)nc2cc(OC)ccc21. The van der Waals surface area contributed by atoms with Crippen molar-refractivity contribution in [3.63, 3.8) is 0 Å². The van der Waals surface area contributed by atoms with Crippen molar-refractivity contribution in [2.75, 3.05) is 39.9 Å². The van der Waals surface area contributed by atoms with Crippen molar-refractivity contribution < 1.29 is 14.2 Å². The number of rotatable bonds is 9. The summed E-state index contributed by atoms with van der Waals surface area (Å²) in [5.74, 6) is 2.33. The number of hydrogen-bond acceptors (Lipinski definition) is 4. The first-order valence-corrected chi connectivity index (χ1v) is 7.49. The molecule has 2 aromatic rings. The number of alkyl halides is 1. The number of ether oxygens (including phenoxy) is 3. The summed E-state index contributed by atoms with van der Waals surface area (Å²) < 4.78 is 17.9. The van der Waals surface area contributed by atoms with Crippen LogP contribution in [0.15, 0.2) is 18.2 Å². The maximum absolute atomic E-state index is 5.87. The molecule has 0 fully saturated rings. The van der Waals surface area contributed by atoms with Crippen LogP contribution in [0.25, 0.3) is 11.0 Å². The molecule has 21 heavy (non-hydrogen) atoms. The molecule has 0 radical (unpaired) electrons. The fourth-order valence-corrected chi connectivity index (χ4v) is 2.38. The third-order valence-corrected chi connectivity index (χ3v) is 3.43. The van der Waals surface area contributed by atoms with Crippen LogP contribution in [0.3, 0.4) is 0 Å². The van der Waals surface area contributed by atoms with Gasteiger partial charge in [-0.05, 0) is 12.1 Å². The van der Waals surface area contributed by atoms with E-state index in [1.54, 1.807) is 14.2 Å². The quantitative estimate of drug-likeness (QED) is 0.527. The lowest BCUT2D eigenvalue weighted by molar-refractivity contribution is 0.0667. The molecule has 0 unspecified atom stereocenters. The number of nitrogens with zero attached hydrogens (tertiary/aromatic N) is 2. The van der Waals surface area contributed by atoms with E-state index in [-0.39, 0.29) is 0 Å². The van der Waals surface area contributed by atoms with Crippen LogP contribution in [0.1, 0.15) is 5.82 Å². The number of fused-ring (bicyclic) bond motifs is 1. The zero-order valence-electron chi connectivity index (χ0n) is 12.5. The number of aromatic nitrogens is 2. The van der Waals surface area contributed by atoms with Gasteiger partial charge in [-0.3, -0.25) is 0 Å². The van der Waals surface area contributed by atoms with Crippen LogP contribution in [0.4, 0.5) is 0 Å². The Kier molecular flexibility index (Phi) is 6.29. The largest absolute Gasteiger partial charge is 0.497 e. The summed E-state index contributed by atoms with van der Waals surface area (Å²) in [6.45, 7) is 2.58. The minimum absolute atomic E-state index is 0.547. The first kappa shape index (κ1) is 16.1. The van der Waals surface area contributed by atoms with Crippen molar-refractivity contribution in [3.8, 4) is 5.75 Å². The van der Waals surface area contributed by atoms with Crippen molar-refractivity contribution in [2.45, 2.75) is 13.0 Å². The predicted octanol–water partition coefficient (Wildman–Crippen LogP) is 2.49. The summed E-state index contributed by atoms with van der Waals surface area (Å²) in [5.41, 5.74) is 2.00. The van der Waals surface area contributed by atoms with E-state index in [1.807, 2.05) is 18.2 Å². The molecule has 5 nitrogen and oxygen atoms in total. The molecule has 0 atom stereocenters. The second kappa shape index (κ2) is 8.22. The first-order chi connectivity index (χ1) is 10.3. The third kappa shape index (κ3) is 4.09. The zero-order chi connectivity index (χ0) is 15.1. The van der Waals surface area contributed by atoms with Crippen molar-refractivity contribution in [1.82, 2.24) is 9.55 Å². The van der Waals surface area contributed by atoms with E-state index in [1.165, 1.54) is 0 Å². The smallest absolute Gasteiger partial charge is 0.121 e. The first-order valence-electron chi connectivity index (χ1n) is 6.96. The maximum Gasteiger partial charge on any atom is 0.121 e. The molecule has 6 heteroatoms. The van der Waals surface area contributed by atoms with Crippen LogP contribution in [0.5, 0.6) is 5.75 Å². The number of halogens is 1. The Morgan fingerprint density at radius 1 is 1.19 bits per heavy atom. The monoisotopic (exact) mass is 312 g/mol. The Morgan fingerprint density at radius 3 is 2.76 bits per heavy atom. The second-order valence-electron chi connectivity index (χ2n) is 4.58. The number of hydrogen-bond donors (Lipinski definition) is 0. The summed E-state index contributed by atoms with van der Waals surface area (Å²) in [4.78, 5) is 4.64. The van der Waals surface area contributed by atoms with E-state index in [0.717, 1.165) is 35.6 Å². The molecule has 2 rings (SSSR count). The van der Waals surface area contributed by atoms with Gasteiger partial charge in [0, 0.05) is 32.0 Å². The van der Waals surface area contributed by atoms with Gasteiger partial charge in [0.15, 0.2) is 0 Å². The van der Waals surface area contributed by atoms with E-state index in [0.29, 0.717) is 25.7 Å². The third-order valence-electron chi connectivity index (χ3n) is 3.24. The fraction of sp³-hybridized carbons (Fsp3) is 0.533. The van der Waals surface area contributed by atoms with Gasteiger partial charge in [-0.25, -0.2) is 4.98 Å². The molecular weight excluding hydrogens is 292 g/mol. The number of imidazole rings is 1. The Balaban J connectivity index is 2.16. The maximum atomic E-state index is 5.87. The van der Waals surface area contributed by atoms with E-state index >= 15 is 0 Å². The highest BCUT2D eigenvalue weighted by atomic mass is 35.5. The van der Waals surface area contributed by atoms with Crippen molar-refractivity contribution in [2.24, 2.45) is 0 Å². The Bertz CT molecular complexity index is 571. The lowest BCUT2D eigenvalue weighted by atomic mass is 10.3. The molecule has 0 saturated heterocycles. The molecule has 1 aromatic heterocycles. The van der Waals surface area contributed by atoms with Crippen LogP contribution in [-0.4, -0.2) is 49.5 Å². The molecular formula is C15H21ClN2O3. The lowest BCUT2D eigenvalue weighted by Gasteiger charge is -2.09. The van der Waals surface area contributed by atoms with Crippen molar-refractivity contribution in [1.29, 1.82) is 0 Å². The molecule has 0 N–H and O–H groups in total. The van der Waals surface area contributed by atoms with E-state index in [9.17, 15) is 0 Å². The molecule has 0 saturated carbocycles. The minimum atomic E-state index is 0.547. The normalized spacial score (nSPS) is 11.2. The van der Waals surface area contributed by atoms with Crippen molar-refractivity contribution in [3.05, 3.63) is 24.0 Å². The average molecular weight is 313 g/mol. The second-order valence-corrected chi connectivity index (χ2v) is 4.96. The summed E-state index contributed by atoms with van der Waals surface area (Å²) in [5, 5.41) is 0. The van der Waals surface area contributed by atoms with E-state index < -0.39 is 0 Å². The predicted molar refractivity (Wildman–Crippen MR) is 83.4 cm³/mol. The van der Waals surface area contributed by atoms with Gasteiger partial charge in [0.1, 0.15) is 11.6 Å². The molecule has 0 aliphatic rings. The van der Waals surface area contributed by atoms with Crippen LogP contribution >= 0.6 is 11.6 Å². The van der Waals surface area contributed by atoms with Gasteiger partial charge in [0.2, 0.25) is 0 Å². The molecule has 116 valence electrons. The highest BCUT2D eigenvalue weighted by Crippen LogP contribution is 2.22. The zero-order valence-corrected chi connectivity index (χ0v) is 13.2. The molecule has 0 bridgehead atoms. The topological polar surface area (TPSA) is 45.5 Å². The standard InChI is InChI=1S/C15H21ClN2O3/c1-19-9-10-21-8-7-18-14-4-3-12(20-2)11-13(14)17-15(18)5-6-16/h3-4,11H,5-10H2,1-2H3. The molecule has 0 spiro atoms. The van der Waals surface area contributed by atoms with Gasteiger partial charge < -0.3 is 18.8 Å². The van der Waals surface area contributed by atoms with Gasteiger partial charge in [0.05, 0.1) is 38.0 Å². The Hall–Kier alpha value is -1.30. The summed E-state index contributed by atoms with van der Waals surface area (Å²) in [6, 6.07) is 5.90. The van der Waals surface area contributed by atoms with Crippen molar-refractivity contribution >= 4 is 22.6 Å². The van der Waals surface area contributed by atoms with Gasteiger partial charge in [-0.1, -0.05) is 0 Å². The Morgan fingerprint density at radius 2 is 2.05 bits per heavy atom. The summed E-state index contributed by atoms with van der Waals surface area (Å²) >= 11 is 5.87. The summed E-state index contributed by atoms with van der Waals surface area (Å²) in [6.07, 6.45) is 0.733. The number of benzene rings is 1. The van der Waals surface area contributed by atoms with Gasteiger partial charge in [-0.2, -0.15) is 0 Å². The number of methoxy groups -OCH3 is 2. The molecule has 1 aromatic carbocycles. The van der Waals surface area contributed by atoms with Gasteiger partial charge >= 0.3 is 0 Å². The Labute approximate surface area is 129 Å². The highest BCUT2D eigenvalue weighted by Gasteiger charge is 2.11. The van der Waals surface area contributed by atoms with E-state index in [2.05, 4.69) is 9.55 Å². The van der Waals surface area contributed by atoms with E-state index in [4.69, 9.17) is 25.8 Å². The molecule has 0 aliphatic carbocycles. The van der Waals surface area contributed by atoms with Gasteiger partial charge in [0.25, 0.3) is 0 Å². The molecule has 1 heterocycles. The van der Waals surface area contributed by atoms with Crippen LogP contribution in [-0.2, 0) is 22.4 Å². The van der Waals surface area contributed by atoms with Crippen LogP contribution in [0, 0.1) is 0 Å². The fourth-order valence-electron chi connectivity index (χ4n) is 2.21. The highest BCUT2D eigenvalue weighted by molar-refractivity contribution is 6.17. The number of aryl methyl sites for hydroxylation is 1.